The predicted molar refractivity (Wildman–Crippen MR) is 104 cm³/mol. The molecule has 0 fully saturated rings. The molecule has 0 amide bonds. The minimum absolute atomic E-state index is 0.00460. The molecule has 164 valence electrons. The fourth-order valence-corrected chi connectivity index (χ4v) is 3.18. The highest BCUT2D eigenvalue weighted by molar-refractivity contribution is 9.09. The largest absolute Gasteiger partial charge is 0.613 e. The fraction of sp³-hybridized carbons (Fsp3) is 0.667. The Labute approximate surface area is 174 Å². The lowest BCUT2D eigenvalue weighted by Crippen LogP contribution is -2.39. The van der Waals surface area contributed by atoms with Crippen molar-refractivity contribution in [2.45, 2.75) is 51.6 Å². The van der Waals surface area contributed by atoms with Gasteiger partial charge in [-0.25, -0.2) is 9.18 Å². The van der Waals surface area contributed by atoms with Crippen LogP contribution in [0.3, 0.4) is 0 Å². The number of aliphatic hydroxyl groups excluding tert-OH is 1. The number of rotatable bonds is 12. The zero-order chi connectivity index (χ0) is 22.1. The monoisotopic (exact) mass is 502 g/mol. The van der Waals surface area contributed by atoms with E-state index in [4.69, 9.17) is 14.0 Å². The van der Waals surface area contributed by atoms with E-state index in [0.29, 0.717) is 0 Å². The van der Waals surface area contributed by atoms with Crippen LogP contribution in [0.5, 0.6) is 0 Å². The number of hydrogen-bond acceptors (Lipinski definition) is 8. The van der Waals surface area contributed by atoms with E-state index in [1.165, 1.54) is 6.92 Å². The van der Waals surface area contributed by atoms with Gasteiger partial charge in [0, 0.05) is 17.6 Å². The molecule has 0 aliphatic rings. The van der Waals surface area contributed by atoms with Crippen LogP contribution in [0, 0.1) is 0 Å². The number of esters is 1. The van der Waals surface area contributed by atoms with Crippen LogP contribution in [-0.2, 0) is 23.4 Å². The molecule has 0 bridgehead atoms. The van der Waals surface area contributed by atoms with Gasteiger partial charge in [-0.3, -0.25) is 19.1 Å². The maximum absolute atomic E-state index is 13.5. The molecular formula is C15H23BrFN3O8P+. The minimum Gasteiger partial charge on any atom is -0.462 e. The standard InChI is InChI=1S/C15H22BrFN3O8P/c1-8(2)27-14(23)9(3)19-29(25)26-7-10(13(17)22)28-12(6-16)20-5-4-11(21)18-15(20)24/h4-5,8-10,12-13,22H,6-7H2,1-3H3,(H-,18,19,21,24,25)/p+1/t9-,10+,12?,13+/m0/s1. The first-order valence-corrected chi connectivity index (χ1v) is 10.8. The number of nitrogens with zero attached hydrogens (tertiary/aromatic N) is 1. The molecule has 0 saturated carbocycles. The third kappa shape index (κ3) is 8.81. The van der Waals surface area contributed by atoms with Crippen molar-refractivity contribution in [3.05, 3.63) is 33.1 Å². The lowest BCUT2D eigenvalue weighted by Gasteiger charge is -2.23. The average molecular weight is 503 g/mol. The molecule has 29 heavy (non-hydrogen) atoms. The van der Waals surface area contributed by atoms with Crippen LogP contribution in [-0.4, -0.2) is 57.2 Å². The van der Waals surface area contributed by atoms with E-state index in [1.54, 1.807) is 13.8 Å². The molecule has 3 N–H and O–H groups in total. The molecule has 0 aliphatic carbocycles. The normalized spacial score (nSPS) is 16.2. The molecular weight excluding hydrogens is 480 g/mol. The van der Waals surface area contributed by atoms with Crippen molar-refractivity contribution in [1.82, 2.24) is 14.6 Å². The first-order valence-electron chi connectivity index (χ1n) is 8.47. The van der Waals surface area contributed by atoms with Gasteiger partial charge in [0.1, 0.15) is 25.0 Å². The van der Waals surface area contributed by atoms with Crippen molar-refractivity contribution < 1.29 is 32.9 Å². The molecule has 1 heterocycles. The number of aliphatic hydroxyl groups is 1. The molecule has 1 rings (SSSR count). The Bertz CT molecular complexity index is 802. The number of H-pyrrole nitrogens is 1. The first kappa shape index (κ1) is 25.5. The first-order chi connectivity index (χ1) is 13.5. The van der Waals surface area contributed by atoms with E-state index in [9.17, 15) is 28.4 Å². The summed E-state index contributed by atoms with van der Waals surface area (Å²) in [6.07, 6.45) is -4.47. The molecule has 0 saturated heterocycles. The summed E-state index contributed by atoms with van der Waals surface area (Å²) in [4.78, 5) is 36.7. The Kier molecular flexibility index (Phi) is 10.8. The Hall–Kier alpha value is -1.50. The number of aromatic nitrogens is 2. The minimum atomic E-state index is -2.62. The van der Waals surface area contributed by atoms with E-state index in [-0.39, 0.29) is 11.4 Å². The number of nitrogens with one attached hydrogen (secondary N) is 2. The van der Waals surface area contributed by atoms with Gasteiger partial charge >= 0.3 is 19.8 Å². The SMILES string of the molecule is CC(C)OC(=O)[C@H](C)N[P+](=O)OC[C@@H](OC(CBr)n1ccc(=O)[nH]c1=O)[C@@H](O)F. The van der Waals surface area contributed by atoms with Gasteiger partial charge in [0.2, 0.25) is 6.36 Å². The van der Waals surface area contributed by atoms with Gasteiger partial charge in [-0.2, -0.15) is 0 Å². The van der Waals surface area contributed by atoms with Gasteiger partial charge in [-0.15, -0.1) is 4.52 Å². The van der Waals surface area contributed by atoms with Crippen molar-refractivity contribution in [3.8, 4) is 0 Å². The lowest BCUT2D eigenvalue weighted by molar-refractivity contribution is -0.151. The zero-order valence-electron chi connectivity index (χ0n) is 15.9. The molecule has 5 atom stereocenters. The molecule has 1 aromatic heterocycles. The highest BCUT2D eigenvalue weighted by atomic mass is 79.9. The van der Waals surface area contributed by atoms with Crippen LogP contribution in [0.2, 0.25) is 0 Å². The lowest BCUT2D eigenvalue weighted by atomic mass is 10.4. The smallest absolute Gasteiger partial charge is 0.462 e. The third-order valence-electron chi connectivity index (χ3n) is 3.29. The summed E-state index contributed by atoms with van der Waals surface area (Å²) >= 11 is 3.09. The summed E-state index contributed by atoms with van der Waals surface area (Å²) in [5, 5.41) is 11.6. The molecule has 2 unspecified atom stereocenters. The molecule has 0 spiro atoms. The average Bonchev–Trinajstić information content (AvgIpc) is 2.61. The summed E-state index contributed by atoms with van der Waals surface area (Å²) in [6.45, 7) is 4.05. The van der Waals surface area contributed by atoms with Crippen molar-refractivity contribution in [2.24, 2.45) is 0 Å². The zero-order valence-corrected chi connectivity index (χ0v) is 18.4. The Balaban J connectivity index is 2.70. The van der Waals surface area contributed by atoms with E-state index in [1.807, 2.05) is 4.98 Å². The summed E-state index contributed by atoms with van der Waals surface area (Å²) in [5.41, 5.74) is -1.43. The molecule has 14 heteroatoms. The highest BCUT2D eigenvalue weighted by Crippen LogP contribution is 2.22. The van der Waals surface area contributed by atoms with Gasteiger partial charge in [-0.1, -0.05) is 21.0 Å². The van der Waals surface area contributed by atoms with E-state index >= 15 is 0 Å². The summed E-state index contributed by atoms with van der Waals surface area (Å²) < 4.78 is 41.6. The van der Waals surface area contributed by atoms with E-state index in [2.05, 4.69) is 21.0 Å². The maximum atomic E-state index is 13.5. The number of aromatic amines is 1. The van der Waals surface area contributed by atoms with Crippen molar-refractivity contribution in [3.63, 3.8) is 0 Å². The third-order valence-corrected chi connectivity index (χ3v) is 4.83. The van der Waals surface area contributed by atoms with Gasteiger partial charge < -0.3 is 14.6 Å². The van der Waals surface area contributed by atoms with Gasteiger partial charge in [0.05, 0.1) is 6.10 Å². The summed E-state index contributed by atoms with van der Waals surface area (Å²) in [5.74, 6) is -0.651. The van der Waals surface area contributed by atoms with Crippen molar-refractivity contribution in [1.29, 1.82) is 0 Å². The van der Waals surface area contributed by atoms with Crippen LogP contribution in [0.4, 0.5) is 4.39 Å². The second-order valence-corrected chi connectivity index (χ2v) is 7.74. The number of carbonyl (C=O) groups excluding carboxylic acids is 1. The number of hydrogen-bond donors (Lipinski definition) is 3. The van der Waals surface area contributed by atoms with Gasteiger partial charge in [0.15, 0.2) is 0 Å². The molecule has 0 aliphatic heterocycles. The fourth-order valence-electron chi connectivity index (χ4n) is 1.94. The van der Waals surface area contributed by atoms with Crippen LogP contribution < -0.4 is 16.3 Å². The number of ether oxygens (including phenoxy) is 2. The quantitative estimate of drug-likeness (QED) is 0.213. The van der Waals surface area contributed by atoms with Crippen LogP contribution in [0.1, 0.15) is 27.0 Å². The summed E-state index contributed by atoms with van der Waals surface area (Å²) in [6, 6.07) is 0.113. The predicted octanol–water partition coefficient (Wildman–Crippen LogP) is 0.707. The molecule has 0 aromatic carbocycles. The Morgan fingerprint density at radius 3 is 2.59 bits per heavy atom. The second kappa shape index (κ2) is 12.3. The summed E-state index contributed by atoms with van der Waals surface area (Å²) in [7, 11) is -2.62. The number of halogens is 2. The number of carbonyl (C=O) groups is 1. The van der Waals surface area contributed by atoms with E-state index < -0.39 is 56.7 Å². The van der Waals surface area contributed by atoms with Gasteiger partial charge in [-0.05, 0) is 25.3 Å². The van der Waals surface area contributed by atoms with Crippen LogP contribution in [0.15, 0.2) is 21.9 Å². The van der Waals surface area contributed by atoms with Crippen LogP contribution >= 0.6 is 24.1 Å². The van der Waals surface area contributed by atoms with Crippen molar-refractivity contribution >= 4 is 30.1 Å². The highest BCUT2D eigenvalue weighted by Gasteiger charge is 2.32. The second-order valence-electron chi connectivity index (χ2n) is 6.06. The maximum Gasteiger partial charge on any atom is 0.613 e. The Morgan fingerprint density at radius 2 is 2.07 bits per heavy atom. The van der Waals surface area contributed by atoms with Gasteiger partial charge in [0.25, 0.3) is 5.56 Å². The topological polar surface area (TPSA) is 149 Å². The molecule has 1 aromatic rings. The number of alkyl halides is 2. The van der Waals surface area contributed by atoms with Crippen LogP contribution in [0.25, 0.3) is 0 Å². The van der Waals surface area contributed by atoms with E-state index in [0.717, 1.165) is 16.8 Å². The Morgan fingerprint density at radius 1 is 1.41 bits per heavy atom. The molecule has 11 nitrogen and oxygen atoms in total. The van der Waals surface area contributed by atoms with Crippen molar-refractivity contribution in [2.75, 3.05) is 11.9 Å². The molecule has 0 radical (unpaired) electrons.